The number of benzene rings is 1. The van der Waals surface area contributed by atoms with Gasteiger partial charge in [-0.3, -0.25) is 19.9 Å². The van der Waals surface area contributed by atoms with Gasteiger partial charge in [-0.05, 0) is 42.7 Å². The molecule has 2 aromatic heterocycles. The number of aryl methyl sites for hydroxylation is 1. The molecule has 0 spiro atoms. The van der Waals surface area contributed by atoms with Crippen molar-refractivity contribution in [2.45, 2.75) is 26.7 Å². The monoisotopic (exact) mass is 406 g/mol. The van der Waals surface area contributed by atoms with Gasteiger partial charge in [-0.25, -0.2) is 4.98 Å². The number of thiazole rings is 1. The van der Waals surface area contributed by atoms with E-state index in [9.17, 15) is 9.59 Å². The number of nitrogens with zero attached hydrogens (tertiary/aromatic N) is 3. The highest BCUT2D eigenvalue weighted by atomic mass is 32.1. The first-order valence-electron chi connectivity index (χ1n) is 9.65. The highest BCUT2D eigenvalue weighted by Gasteiger charge is 2.24. The lowest BCUT2D eigenvalue weighted by atomic mass is 9.97. The minimum Gasteiger partial charge on any atom is -0.312 e. The second-order valence-electron chi connectivity index (χ2n) is 7.30. The van der Waals surface area contributed by atoms with E-state index in [1.807, 2.05) is 36.3 Å². The maximum atomic E-state index is 12.5. The zero-order chi connectivity index (χ0) is 20.4. The first kappa shape index (κ1) is 19.3. The van der Waals surface area contributed by atoms with E-state index in [1.165, 1.54) is 11.3 Å². The summed E-state index contributed by atoms with van der Waals surface area (Å²) < 4.78 is 0. The van der Waals surface area contributed by atoms with E-state index in [0.717, 1.165) is 41.9 Å². The lowest BCUT2D eigenvalue weighted by molar-refractivity contribution is -0.121. The van der Waals surface area contributed by atoms with Gasteiger partial charge < -0.3 is 4.90 Å². The molecule has 0 atom stereocenters. The molecule has 3 aromatic rings. The van der Waals surface area contributed by atoms with Crippen LogP contribution >= 0.6 is 11.3 Å². The minimum absolute atomic E-state index is 0.0237. The number of carbonyl (C=O) groups is 2. The zero-order valence-corrected chi connectivity index (χ0v) is 17.2. The van der Waals surface area contributed by atoms with Crippen LogP contribution in [-0.2, 0) is 11.2 Å². The van der Waals surface area contributed by atoms with Gasteiger partial charge >= 0.3 is 0 Å². The van der Waals surface area contributed by atoms with E-state index in [4.69, 9.17) is 0 Å². The number of amides is 2. The third kappa shape index (κ3) is 4.05. The molecule has 0 saturated heterocycles. The second kappa shape index (κ2) is 8.13. The lowest BCUT2D eigenvalue weighted by Crippen LogP contribution is -2.38. The van der Waals surface area contributed by atoms with Crippen molar-refractivity contribution in [3.05, 3.63) is 59.2 Å². The summed E-state index contributed by atoms with van der Waals surface area (Å²) in [6.07, 6.45) is 3.48. The van der Waals surface area contributed by atoms with Crippen LogP contribution in [0.2, 0.25) is 0 Å². The van der Waals surface area contributed by atoms with Gasteiger partial charge in [0.25, 0.3) is 5.91 Å². The number of pyridine rings is 1. The third-order valence-electron chi connectivity index (χ3n) is 4.88. The van der Waals surface area contributed by atoms with Gasteiger partial charge in [0.05, 0.1) is 5.69 Å². The summed E-state index contributed by atoms with van der Waals surface area (Å²) >= 11 is 1.38. The molecule has 4 rings (SSSR count). The number of aromatic nitrogens is 2. The third-order valence-corrected chi connectivity index (χ3v) is 5.63. The van der Waals surface area contributed by atoms with Crippen LogP contribution in [0.5, 0.6) is 0 Å². The number of fused-ring (bicyclic) bond motifs is 1. The van der Waals surface area contributed by atoms with Gasteiger partial charge in [0.2, 0.25) is 5.91 Å². The standard InChI is InChI=1S/C22H22N4O2S/c1-14(2)21(28)26-11-5-6-16-12-15(8-9-19(16)26)18-13-29-22(24-18)25-20(27)17-7-3-4-10-23-17/h3-4,7-10,12-14H,5-6,11H2,1-2H3,(H,24,25,27). The Kier molecular flexibility index (Phi) is 5.40. The number of rotatable bonds is 4. The molecule has 0 saturated carbocycles. The molecule has 6 nitrogen and oxygen atoms in total. The van der Waals surface area contributed by atoms with Crippen molar-refractivity contribution in [1.29, 1.82) is 0 Å². The van der Waals surface area contributed by atoms with Gasteiger partial charge in [0.1, 0.15) is 5.69 Å². The molecule has 1 aliphatic rings. The van der Waals surface area contributed by atoms with Crippen LogP contribution in [0.25, 0.3) is 11.3 Å². The Morgan fingerprint density at radius 1 is 1.21 bits per heavy atom. The number of nitrogens with one attached hydrogen (secondary N) is 1. The Morgan fingerprint density at radius 2 is 2.07 bits per heavy atom. The topological polar surface area (TPSA) is 75.2 Å². The van der Waals surface area contributed by atoms with Crippen molar-refractivity contribution in [1.82, 2.24) is 9.97 Å². The smallest absolute Gasteiger partial charge is 0.276 e. The molecule has 1 aliphatic heterocycles. The van der Waals surface area contributed by atoms with Crippen molar-refractivity contribution < 1.29 is 9.59 Å². The molecule has 2 amide bonds. The fourth-order valence-electron chi connectivity index (χ4n) is 3.42. The van der Waals surface area contributed by atoms with Crippen molar-refractivity contribution >= 4 is 34.0 Å². The van der Waals surface area contributed by atoms with E-state index in [1.54, 1.807) is 24.4 Å². The van der Waals surface area contributed by atoms with E-state index in [-0.39, 0.29) is 17.7 Å². The number of hydrogen-bond donors (Lipinski definition) is 1. The Balaban J connectivity index is 1.54. The maximum Gasteiger partial charge on any atom is 0.276 e. The van der Waals surface area contributed by atoms with Gasteiger partial charge in [-0.2, -0.15) is 0 Å². The summed E-state index contributed by atoms with van der Waals surface area (Å²) in [6.45, 7) is 4.63. The largest absolute Gasteiger partial charge is 0.312 e. The lowest BCUT2D eigenvalue weighted by Gasteiger charge is -2.31. The Hall–Kier alpha value is -3.06. The summed E-state index contributed by atoms with van der Waals surface area (Å²) in [5, 5.41) is 5.26. The van der Waals surface area contributed by atoms with Crippen molar-refractivity contribution in [2.75, 3.05) is 16.8 Å². The van der Waals surface area contributed by atoms with Crippen molar-refractivity contribution in [3.63, 3.8) is 0 Å². The Bertz CT molecular complexity index is 1050. The molecule has 0 unspecified atom stereocenters. The van der Waals surface area contributed by atoms with Crippen molar-refractivity contribution in [3.8, 4) is 11.3 Å². The van der Waals surface area contributed by atoms with Crippen LogP contribution < -0.4 is 10.2 Å². The number of anilines is 2. The summed E-state index contributed by atoms with van der Waals surface area (Å²) in [6, 6.07) is 11.3. The van der Waals surface area contributed by atoms with Crippen LogP contribution in [0.15, 0.2) is 48.0 Å². The molecule has 0 radical (unpaired) electrons. The van der Waals surface area contributed by atoms with Gasteiger partial charge in [0, 0.05) is 35.3 Å². The highest BCUT2D eigenvalue weighted by Crippen LogP contribution is 2.33. The SMILES string of the molecule is CC(C)C(=O)N1CCCc2cc(-c3csc(NC(=O)c4ccccn4)n3)ccc21. The second-order valence-corrected chi connectivity index (χ2v) is 8.16. The van der Waals surface area contributed by atoms with Gasteiger partial charge in [-0.15, -0.1) is 11.3 Å². The quantitative estimate of drug-likeness (QED) is 0.697. The minimum atomic E-state index is -0.278. The summed E-state index contributed by atoms with van der Waals surface area (Å²) in [4.78, 5) is 35.3. The maximum absolute atomic E-state index is 12.5. The normalized spacial score (nSPS) is 13.3. The van der Waals surface area contributed by atoms with Crippen LogP contribution in [0, 0.1) is 5.92 Å². The van der Waals surface area contributed by atoms with E-state index < -0.39 is 0 Å². The van der Waals surface area contributed by atoms with Gasteiger partial charge in [-0.1, -0.05) is 26.0 Å². The Morgan fingerprint density at radius 3 is 2.83 bits per heavy atom. The van der Waals surface area contributed by atoms with E-state index in [0.29, 0.717) is 10.8 Å². The molecule has 0 bridgehead atoms. The zero-order valence-electron chi connectivity index (χ0n) is 16.4. The average molecular weight is 407 g/mol. The van der Waals surface area contributed by atoms with E-state index in [2.05, 4.69) is 21.4 Å². The van der Waals surface area contributed by atoms with Crippen LogP contribution in [0.1, 0.15) is 36.3 Å². The number of carbonyl (C=O) groups excluding carboxylic acids is 2. The molecular weight excluding hydrogens is 384 g/mol. The molecule has 29 heavy (non-hydrogen) atoms. The summed E-state index contributed by atoms with van der Waals surface area (Å²) in [7, 11) is 0. The number of hydrogen-bond acceptors (Lipinski definition) is 5. The van der Waals surface area contributed by atoms with E-state index >= 15 is 0 Å². The first-order chi connectivity index (χ1) is 14.0. The highest BCUT2D eigenvalue weighted by molar-refractivity contribution is 7.14. The molecule has 148 valence electrons. The fraction of sp³-hybridized carbons (Fsp3) is 0.273. The van der Waals surface area contributed by atoms with Crippen LogP contribution in [0.4, 0.5) is 10.8 Å². The van der Waals surface area contributed by atoms with Gasteiger partial charge in [0.15, 0.2) is 5.13 Å². The molecule has 1 N–H and O–H groups in total. The molecule has 7 heteroatoms. The predicted octanol–water partition coefficient (Wildman–Crippen LogP) is 4.39. The fourth-order valence-corrected chi connectivity index (χ4v) is 4.13. The molecule has 0 fully saturated rings. The van der Waals surface area contributed by atoms with Crippen molar-refractivity contribution in [2.24, 2.45) is 5.92 Å². The molecule has 1 aromatic carbocycles. The average Bonchev–Trinajstić information content (AvgIpc) is 3.21. The Labute approximate surface area is 173 Å². The van der Waals surface area contributed by atoms with Crippen LogP contribution in [0.3, 0.4) is 0 Å². The van der Waals surface area contributed by atoms with Crippen LogP contribution in [-0.4, -0.2) is 28.3 Å². The first-order valence-corrected chi connectivity index (χ1v) is 10.5. The summed E-state index contributed by atoms with van der Waals surface area (Å²) in [5.74, 6) is -0.143. The predicted molar refractivity (Wildman–Crippen MR) is 115 cm³/mol. The molecular formula is C22H22N4O2S. The molecule has 3 heterocycles. The summed E-state index contributed by atoms with van der Waals surface area (Å²) in [5.41, 5.74) is 4.30. The molecule has 0 aliphatic carbocycles.